The Balaban J connectivity index is 3.34. The lowest BCUT2D eigenvalue weighted by molar-refractivity contribution is -0.898. The van der Waals surface area contributed by atoms with E-state index in [4.69, 9.17) is 0 Å². The van der Waals surface area contributed by atoms with Crippen LogP contribution in [-0.4, -0.2) is 37.7 Å². The molecule has 0 saturated carbocycles. The molecule has 0 bridgehead atoms. The van der Waals surface area contributed by atoms with E-state index in [1.165, 1.54) is 89.9 Å². The molecule has 0 aromatic rings. The number of carbonyl (C=O) groups is 1. The third-order valence-corrected chi connectivity index (χ3v) is 5.66. The Morgan fingerprint density at radius 2 is 1.04 bits per heavy atom. The Kier molecular flexibility index (Phi) is 17.2. The molecule has 0 radical (unpaired) electrons. The van der Waals surface area contributed by atoms with Crippen molar-refractivity contribution in [3.05, 3.63) is 0 Å². The summed E-state index contributed by atoms with van der Waals surface area (Å²) in [5, 5.41) is 3.19. The molecule has 0 heterocycles. The number of quaternary nitrogens is 1. The van der Waals surface area contributed by atoms with E-state index >= 15 is 0 Å². The van der Waals surface area contributed by atoms with E-state index in [2.05, 4.69) is 40.3 Å². The Bertz CT molecular complexity index is 336. The van der Waals surface area contributed by atoms with Crippen molar-refractivity contribution in [1.29, 1.82) is 0 Å². The van der Waals surface area contributed by atoms with Gasteiger partial charge in [-0.1, -0.05) is 104 Å². The van der Waals surface area contributed by atoms with Crippen LogP contribution in [0.25, 0.3) is 0 Å². The Morgan fingerprint density at radius 3 is 1.37 bits per heavy atom. The first kappa shape index (κ1) is 26.4. The van der Waals surface area contributed by atoms with E-state index in [0.717, 1.165) is 17.3 Å². The molecule has 0 saturated heterocycles. The van der Waals surface area contributed by atoms with E-state index in [9.17, 15) is 4.79 Å². The molecule has 0 spiro atoms. The molecule has 1 atom stereocenters. The minimum atomic E-state index is 0.226. The molecule has 0 aromatic heterocycles. The third kappa shape index (κ3) is 17.3. The van der Waals surface area contributed by atoms with Gasteiger partial charge in [-0.05, 0) is 6.42 Å². The Morgan fingerprint density at radius 1 is 0.667 bits per heavy atom. The third-order valence-electron chi connectivity index (χ3n) is 5.66. The van der Waals surface area contributed by atoms with Crippen molar-refractivity contribution in [1.82, 2.24) is 5.32 Å². The number of unbranched alkanes of at least 4 members (excludes halogenated alkanes) is 14. The summed E-state index contributed by atoms with van der Waals surface area (Å²) in [5.74, 6) is 0.226. The van der Waals surface area contributed by atoms with Crippen LogP contribution in [0.2, 0.25) is 0 Å². The lowest BCUT2D eigenvalue weighted by Crippen LogP contribution is -2.54. The fraction of sp³-hybridized carbons (Fsp3) is 0.958. The van der Waals surface area contributed by atoms with Crippen LogP contribution in [0.4, 0.5) is 0 Å². The van der Waals surface area contributed by atoms with Crippen LogP contribution in [0.15, 0.2) is 0 Å². The molecule has 27 heavy (non-hydrogen) atoms. The number of hydrogen-bond acceptors (Lipinski definition) is 1. The van der Waals surface area contributed by atoms with Gasteiger partial charge in [0.25, 0.3) is 0 Å². The van der Waals surface area contributed by atoms with Gasteiger partial charge >= 0.3 is 0 Å². The van der Waals surface area contributed by atoms with Crippen LogP contribution in [0, 0.1) is 0 Å². The number of hydrogen-bond donors (Lipinski definition) is 1. The molecule has 1 N–H and O–H groups in total. The fourth-order valence-corrected chi connectivity index (χ4v) is 3.76. The van der Waals surface area contributed by atoms with Crippen LogP contribution in [0.3, 0.4) is 0 Å². The molecular formula is C24H51N2O+. The van der Waals surface area contributed by atoms with Gasteiger partial charge in [-0.3, -0.25) is 4.79 Å². The first-order valence-electron chi connectivity index (χ1n) is 12.0. The molecule has 0 aliphatic carbocycles. The summed E-state index contributed by atoms with van der Waals surface area (Å²) in [4.78, 5) is 12.1. The van der Waals surface area contributed by atoms with Gasteiger partial charge in [0, 0.05) is 12.8 Å². The minimum Gasteiger partial charge on any atom is -0.311 e. The van der Waals surface area contributed by atoms with Crippen molar-refractivity contribution in [2.45, 2.75) is 129 Å². The molecule has 162 valence electrons. The van der Waals surface area contributed by atoms with Gasteiger partial charge in [-0.25, -0.2) is 0 Å². The highest BCUT2D eigenvalue weighted by molar-refractivity contribution is 5.75. The highest BCUT2D eigenvalue weighted by atomic mass is 16.1. The predicted molar refractivity (Wildman–Crippen MR) is 120 cm³/mol. The van der Waals surface area contributed by atoms with Gasteiger partial charge in [-0.15, -0.1) is 0 Å². The zero-order valence-corrected chi connectivity index (χ0v) is 19.5. The predicted octanol–water partition coefficient (Wildman–Crippen LogP) is 6.81. The molecule has 0 rings (SSSR count). The normalized spacial score (nSPS) is 12.9. The molecular weight excluding hydrogens is 332 g/mol. The van der Waals surface area contributed by atoms with Crippen LogP contribution in [-0.2, 0) is 4.79 Å². The average molecular weight is 384 g/mol. The summed E-state index contributed by atoms with van der Waals surface area (Å²) >= 11 is 0. The van der Waals surface area contributed by atoms with E-state index in [1.54, 1.807) is 0 Å². The molecule has 0 aliphatic rings. The van der Waals surface area contributed by atoms with Crippen molar-refractivity contribution in [3.8, 4) is 0 Å². The Hall–Kier alpha value is -0.570. The van der Waals surface area contributed by atoms with Crippen molar-refractivity contribution >= 4 is 5.91 Å². The highest BCUT2D eigenvalue weighted by Gasteiger charge is 2.22. The maximum absolute atomic E-state index is 12.1. The minimum absolute atomic E-state index is 0.226. The van der Waals surface area contributed by atoms with Crippen LogP contribution < -0.4 is 5.32 Å². The molecule has 1 unspecified atom stereocenters. The number of nitrogens with zero attached hydrogens (tertiary/aromatic N) is 1. The van der Waals surface area contributed by atoms with Gasteiger partial charge < -0.3 is 9.80 Å². The maximum atomic E-state index is 12.1. The van der Waals surface area contributed by atoms with E-state index < -0.39 is 0 Å². The molecule has 3 nitrogen and oxygen atoms in total. The second-order valence-corrected chi connectivity index (χ2v) is 9.31. The first-order valence-corrected chi connectivity index (χ1v) is 12.0. The highest BCUT2D eigenvalue weighted by Crippen LogP contribution is 2.14. The van der Waals surface area contributed by atoms with E-state index in [0.29, 0.717) is 6.42 Å². The lowest BCUT2D eigenvalue weighted by atomic mass is 10.0. The average Bonchev–Trinajstić information content (AvgIpc) is 2.62. The van der Waals surface area contributed by atoms with E-state index in [-0.39, 0.29) is 12.1 Å². The number of carbonyl (C=O) groups excluding carboxylic acids is 1. The summed E-state index contributed by atoms with van der Waals surface area (Å²) in [6.45, 7) is 4.42. The largest absolute Gasteiger partial charge is 0.311 e. The second-order valence-electron chi connectivity index (χ2n) is 9.31. The van der Waals surface area contributed by atoms with Gasteiger partial charge in [-0.2, -0.15) is 0 Å². The molecule has 0 aromatic carbocycles. The topological polar surface area (TPSA) is 29.1 Å². The summed E-state index contributed by atoms with van der Waals surface area (Å²) in [6, 6.07) is 0. The van der Waals surface area contributed by atoms with Crippen LogP contribution in [0.5, 0.6) is 0 Å². The molecule has 3 heteroatoms. The van der Waals surface area contributed by atoms with Crippen molar-refractivity contribution in [2.24, 2.45) is 0 Å². The number of nitrogens with one attached hydrogen (secondary N) is 1. The quantitative estimate of drug-likeness (QED) is 0.148. The summed E-state index contributed by atoms with van der Waals surface area (Å²) < 4.78 is 0.793. The van der Waals surface area contributed by atoms with Crippen LogP contribution in [0.1, 0.15) is 123 Å². The summed E-state index contributed by atoms with van der Waals surface area (Å²) in [7, 11) is 6.42. The lowest BCUT2D eigenvalue weighted by Gasteiger charge is -2.33. The maximum Gasteiger partial charge on any atom is 0.224 e. The van der Waals surface area contributed by atoms with Crippen molar-refractivity contribution in [3.63, 3.8) is 0 Å². The van der Waals surface area contributed by atoms with Crippen molar-refractivity contribution < 1.29 is 9.28 Å². The number of rotatable bonds is 19. The van der Waals surface area contributed by atoms with Crippen molar-refractivity contribution in [2.75, 3.05) is 21.1 Å². The number of amides is 1. The zero-order valence-electron chi connectivity index (χ0n) is 19.5. The van der Waals surface area contributed by atoms with Gasteiger partial charge in [0.1, 0.15) is 0 Å². The summed E-state index contributed by atoms with van der Waals surface area (Å²) in [5.41, 5.74) is 0. The monoisotopic (exact) mass is 383 g/mol. The van der Waals surface area contributed by atoms with Gasteiger partial charge in [0.05, 0.1) is 21.1 Å². The van der Waals surface area contributed by atoms with Gasteiger partial charge in [0.2, 0.25) is 5.91 Å². The second kappa shape index (κ2) is 17.5. The molecule has 0 fully saturated rings. The summed E-state index contributed by atoms with van der Waals surface area (Å²) in [6.07, 6.45) is 22.4. The molecule has 1 amide bonds. The van der Waals surface area contributed by atoms with Gasteiger partial charge in [0.15, 0.2) is 6.17 Å². The zero-order chi connectivity index (χ0) is 20.4. The standard InChI is InChI=1S/C24H50N2O/c1-6-8-9-10-11-12-13-14-15-16-17-18-19-20-21-22-24(27)25-23(7-2)26(3,4)5/h23H,6-22H2,1-5H3/p+1. The van der Waals surface area contributed by atoms with Crippen LogP contribution >= 0.6 is 0 Å². The van der Waals surface area contributed by atoms with E-state index in [1.807, 2.05) is 0 Å². The Labute approximate surface area is 171 Å². The fourth-order valence-electron chi connectivity index (χ4n) is 3.76. The SMILES string of the molecule is CCCCCCCCCCCCCCCCCC(=O)NC(CC)[N+](C)(C)C. The first-order chi connectivity index (χ1) is 12.9. The molecule has 0 aliphatic heterocycles. The smallest absolute Gasteiger partial charge is 0.224 e.